The maximum atomic E-state index is 13.8. The number of carbonyl (C=O) groups is 9. The molecule has 0 unspecified atom stereocenters. The topological polar surface area (TPSA) is 398 Å². The fraction of sp³-hybridized carbons (Fsp3) is 0.538. The van der Waals surface area contributed by atoms with Gasteiger partial charge in [0.05, 0.1) is 25.4 Å². The molecule has 23 nitrogen and oxygen atoms in total. The van der Waals surface area contributed by atoms with Crippen molar-refractivity contribution in [2.24, 2.45) is 39.8 Å². The maximum Gasteiger partial charge on any atom is 0.326 e. The first-order valence-electron chi connectivity index (χ1n) is 20.0. The predicted molar refractivity (Wildman–Crippen MR) is 225 cm³/mol. The molecule has 0 aliphatic carbocycles. The Morgan fingerprint density at radius 1 is 0.758 bits per heavy atom. The number of para-hydroxylation sites is 1. The number of aliphatic imine (C=N–C) groups is 1. The second-order valence-electron chi connectivity index (χ2n) is 15.2. The molecule has 62 heavy (non-hydrogen) atoms. The van der Waals surface area contributed by atoms with Gasteiger partial charge in [-0.3, -0.25) is 43.3 Å². The average molecular weight is 873 g/mol. The third-order valence-electron chi connectivity index (χ3n) is 9.64. The molecular weight excluding hydrogens is 813 g/mol. The Bertz CT molecular complexity index is 1950. The van der Waals surface area contributed by atoms with E-state index in [2.05, 4.69) is 41.9 Å². The van der Waals surface area contributed by atoms with Gasteiger partial charge in [0.15, 0.2) is 5.96 Å². The van der Waals surface area contributed by atoms with Crippen LogP contribution in [0.15, 0.2) is 35.5 Å². The summed E-state index contributed by atoms with van der Waals surface area (Å²) in [6, 6.07) is -1.33. The first-order chi connectivity index (χ1) is 29.1. The molecule has 0 radical (unpaired) electrons. The highest BCUT2D eigenvalue weighted by Crippen LogP contribution is 2.19. The number of carbonyl (C=O) groups excluding carboxylic acids is 7. The zero-order valence-electron chi connectivity index (χ0n) is 35.2. The summed E-state index contributed by atoms with van der Waals surface area (Å²) in [7, 11) is 0. The number of hydrogen-bond donors (Lipinski definition) is 13. The van der Waals surface area contributed by atoms with E-state index in [1.54, 1.807) is 58.2 Å². The third kappa shape index (κ3) is 17.4. The van der Waals surface area contributed by atoms with E-state index >= 15 is 0 Å². The summed E-state index contributed by atoms with van der Waals surface area (Å²) >= 11 is 0. The van der Waals surface area contributed by atoms with Gasteiger partial charge in [0.2, 0.25) is 41.4 Å². The zero-order valence-corrected chi connectivity index (χ0v) is 35.2. The lowest BCUT2D eigenvalue weighted by molar-refractivity contribution is -0.143. The largest absolute Gasteiger partial charge is 0.481 e. The van der Waals surface area contributed by atoms with Crippen LogP contribution in [0.1, 0.15) is 71.8 Å². The van der Waals surface area contributed by atoms with E-state index in [-0.39, 0.29) is 44.1 Å². The van der Waals surface area contributed by atoms with E-state index in [1.165, 1.54) is 0 Å². The first kappa shape index (κ1) is 51.4. The van der Waals surface area contributed by atoms with Crippen molar-refractivity contribution in [3.63, 3.8) is 0 Å². The molecule has 1 aromatic heterocycles. The van der Waals surface area contributed by atoms with Gasteiger partial charge in [0, 0.05) is 30.1 Å². The second-order valence-corrected chi connectivity index (χ2v) is 15.2. The number of guanidine groups is 1. The van der Waals surface area contributed by atoms with Crippen LogP contribution in [0, 0.1) is 11.8 Å². The molecular formula is C39H60N12O11. The predicted octanol–water partition coefficient (Wildman–Crippen LogP) is -2.84. The van der Waals surface area contributed by atoms with Crippen LogP contribution >= 0.6 is 0 Å². The Labute approximate surface area is 357 Å². The number of aromatic nitrogens is 1. The van der Waals surface area contributed by atoms with Crippen molar-refractivity contribution < 1.29 is 53.4 Å². The number of nitrogens with one attached hydrogen (secondary N) is 7. The first-order valence-corrected chi connectivity index (χ1v) is 20.0. The maximum absolute atomic E-state index is 13.8. The lowest BCUT2D eigenvalue weighted by Gasteiger charge is -2.28. The summed E-state index contributed by atoms with van der Waals surface area (Å²) in [6.07, 6.45) is 0.517. The number of nitrogens with two attached hydrogens (primary N) is 4. The average Bonchev–Trinajstić information content (AvgIpc) is 3.60. The molecule has 7 amide bonds. The molecule has 0 fully saturated rings. The van der Waals surface area contributed by atoms with Gasteiger partial charge in [-0.15, -0.1) is 0 Å². The molecule has 2 rings (SSSR count). The van der Waals surface area contributed by atoms with Crippen molar-refractivity contribution in [1.82, 2.24) is 36.9 Å². The number of fused-ring (bicyclic) bond motifs is 1. The Hall–Kier alpha value is -6.78. The molecule has 17 N–H and O–H groups in total. The summed E-state index contributed by atoms with van der Waals surface area (Å²) in [5, 5.41) is 34.6. The molecule has 342 valence electrons. The normalized spacial score (nSPS) is 14.4. The van der Waals surface area contributed by atoms with Crippen LogP contribution in [0.3, 0.4) is 0 Å². The van der Waals surface area contributed by atoms with E-state index in [9.17, 15) is 53.4 Å². The summed E-state index contributed by atoms with van der Waals surface area (Å²) in [6.45, 7) is 6.17. The van der Waals surface area contributed by atoms with E-state index in [1.807, 2.05) is 0 Å². The molecule has 1 heterocycles. The number of carboxylic acid groups (broad SMARTS) is 2. The lowest BCUT2D eigenvalue weighted by Crippen LogP contribution is -2.59. The van der Waals surface area contributed by atoms with Crippen molar-refractivity contribution in [3.05, 3.63) is 36.0 Å². The molecule has 0 spiro atoms. The number of amides is 7. The van der Waals surface area contributed by atoms with Crippen LogP contribution in [0.2, 0.25) is 0 Å². The smallest absolute Gasteiger partial charge is 0.326 e. The van der Waals surface area contributed by atoms with Gasteiger partial charge in [-0.2, -0.15) is 0 Å². The van der Waals surface area contributed by atoms with Gasteiger partial charge in [0.25, 0.3) is 0 Å². The molecule has 0 saturated heterocycles. The number of benzene rings is 1. The highest BCUT2D eigenvalue weighted by atomic mass is 16.4. The summed E-state index contributed by atoms with van der Waals surface area (Å²) < 4.78 is 0. The Kier molecular flexibility index (Phi) is 20.8. The molecule has 0 aliphatic heterocycles. The van der Waals surface area contributed by atoms with Crippen LogP contribution < -0.4 is 54.8 Å². The second kappa shape index (κ2) is 25.1. The molecule has 1 aromatic carbocycles. The number of aromatic amines is 1. The molecule has 2 aromatic rings. The number of aliphatic carboxylic acids is 2. The Morgan fingerprint density at radius 2 is 1.39 bits per heavy atom. The molecule has 23 heteroatoms. The number of nitrogens with zero attached hydrogens (tertiary/aromatic N) is 1. The Balaban J connectivity index is 2.29. The minimum absolute atomic E-state index is 0.0145. The summed E-state index contributed by atoms with van der Waals surface area (Å²) in [5.41, 5.74) is 23.1. The van der Waals surface area contributed by atoms with E-state index in [0.29, 0.717) is 12.0 Å². The monoisotopic (exact) mass is 872 g/mol. The fourth-order valence-electron chi connectivity index (χ4n) is 6.19. The third-order valence-corrected chi connectivity index (χ3v) is 9.64. The van der Waals surface area contributed by atoms with E-state index in [0.717, 1.165) is 10.9 Å². The highest BCUT2D eigenvalue weighted by molar-refractivity contribution is 5.98. The number of carboxylic acids is 2. The summed E-state index contributed by atoms with van der Waals surface area (Å²) in [4.78, 5) is 122. The zero-order chi connectivity index (χ0) is 46.7. The number of H-pyrrole nitrogens is 1. The van der Waals surface area contributed by atoms with Crippen LogP contribution in [0.25, 0.3) is 10.9 Å². The van der Waals surface area contributed by atoms with Crippen molar-refractivity contribution in [3.8, 4) is 0 Å². The molecule has 0 bridgehead atoms. The van der Waals surface area contributed by atoms with E-state index in [4.69, 9.17) is 22.9 Å². The van der Waals surface area contributed by atoms with Crippen molar-refractivity contribution in [2.45, 2.75) is 109 Å². The molecule has 0 aliphatic rings. The van der Waals surface area contributed by atoms with Crippen LogP contribution in [-0.4, -0.2) is 124 Å². The van der Waals surface area contributed by atoms with Gasteiger partial charge in [-0.05, 0) is 42.7 Å². The van der Waals surface area contributed by atoms with Gasteiger partial charge < -0.3 is 70.0 Å². The number of primary amides is 1. The molecule has 0 saturated carbocycles. The van der Waals surface area contributed by atoms with Crippen LogP contribution in [0.4, 0.5) is 0 Å². The van der Waals surface area contributed by atoms with Crippen LogP contribution in [0.5, 0.6) is 0 Å². The summed E-state index contributed by atoms with van der Waals surface area (Å²) in [5.74, 6) is -10.0. The number of rotatable bonds is 27. The van der Waals surface area contributed by atoms with Crippen molar-refractivity contribution in [2.75, 3.05) is 13.1 Å². The lowest BCUT2D eigenvalue weighted by atomic mass is 9.96. The quantitative estimate of drug-likeness (QED) is 0.0244. The minimum Gasteiger partial charge on any atom is -0.481 e. The van der Waals surface area contributed by atoms with Crippen molar-refractivity contribution in [1.29, 1.82) is 0 Å². The Morgan fingerprint density at radius 3 is 1.98 bits per heavy atom. The van der Waals surface area contributed by atoms with Crippen molar-refractivity contribution >= 4 is 70.2 Å². The molecule has 7 atom stereocenters. The fourth-order valence-corrected chi connectivity index (χ4v) is 6.19. The standard InChI is InChI=1S/C39H60N12O11/c1-5-20(4)32(37(60)50-28(38(61)62)13-19(2)3)51-35(58)25(11-8-12-44-39(42)43)48-36(59)27(16-31(54)55)47-30(53)18-46-34(57)26(49-33(56)23(40)15-29(41)52)14-21-17-45-24-10-7-6-9-22(21)24/h6-7,9-10,17,19-20,23,25-28,32,45H,5,8,11-16,18,40H2,1-4H3,(H2,41,52)(H,46,57)(H,47,53)(H,48,59)(H,49,56)(H,50,60)(H,51,58)(H,54,55)(H,61,62)(H4,42,43,44)/t20-,23-,25+,26-,27-,28-,32-/m0/s1. The highest BCUT2D eigenvalue weighted by Gasteiger charge is 2.34. The van der Waals surface area contributed by atoms with Gasteiger partial charge in [0.1, 0.15) is 30.2 Å². The van der Waals surface area contributed by atoms with Gasteiger partial charge >= 0.3 is 11.9 Å². The minimum atomic E-state index is -1.79. The SMILES string of the molecule is CC[C@H](C)[C@H](NC(=O)[C@@H](CCCN=C(N)N)NC(=O)[C@H](CC(=O)O)NC(=O)CNC(=O)[C@H](Cc1c[nH]c2ccccc12)NC(=O)[C@@H](N)CC(N)=O)C(=O)N[C@@H](CC(C)C)C(=O)O. The van der Waals surface area contributed by atoms with Gasteiger partial charge in [-0.25, -0.2) is 4.79 Å². The van der Waals surface area contributed by atoms with Crippen LogP contribution in [-0.2, 0) is 49.6 Å². The van der Waals surface area contributed by atoms with Gasteiger partial charge in [-0.1, -0.05) is 52.3 Å². The van der Waals surface area contributed by atoms with E-state index < -0.39 is 115 Å². The number of hydrogen-bond acceptors (Lipinski definition) is 11.